The quantitative estimate of drug-likeness (QED) is 0.0388. The lowest BCUT2D eigenvalue weighted by molar-refractivity contribution is -0.137. The van der Waals surface area contributed by atoms with Crippen molar-refractivity contribution in [3.05, 3.63) is 152 Å². The van der Waals surface area contributed by atoms with Gasteiger partial charge < -0.3 is 45.7 Å². The van der Waals surface area contributed by atoms with E-state index in [1.807, 2.05) is 90.1 Å². The number of nitrogens with one attached hydrogen (secondary N) is 5. The molecule has 6 aromatic heterocycles. The van der Waals surface area contributed by atoms with Gasteiger partial charge in [0.05, 0.1) is 45.6 Å². The van der Waals surface area contributed by atoms with E-state index in [1.54, 1.807) is 0 Å². The van der Waals surface area contributed by atoms with E-state index in [0.29, 0.717) is 45.6 Å². The molecule has 0 aromatic carbocycles. The van der Waals surface area contributed by atoms with Crippen LogP contribution in [-0.2, 0) is 19.2 Å². The molecule has 17 heteroatoms. The van der Waals surface area contributed by atoms with Crippen LogP contribution >= 0.6 is 0 Å². The van der Waals surface area contributed by atoms with Crippen molar-refractivity contribution in [2.75, 3.05) is 0 Å². The van der Waals surface area contributed by atoms with Crippen molar-refractivity contribution in [3.8, 4) is 0 Å². The fourth-order valence-electron chi connectivity index (χ4n) is 12.7. The average Bonchev–Trinajstić information content (AvgIpc) is 4.17. The molecule has 2 atom stereocenters. The molecule has 0 saturated heterocycles. The molecule has 9 N–H and O–H groups in total. The number of nitrogens with zero attached hydrogens (tertiary/aromatic N) is 4. The van der Waals surface area contributed by atoms with Crippen LogP contribution in [0.2, 0.25) is 0 Å². The fraction of sp³-hybridized carbons (Fsp3) is 0.294. The van der Waals surface area contributed by atoms with Gasteiger partial charge in [-0.15, -0.1) is 0 Å². The zero-order valence-electron chi connectivity index (χ0n) is 49.7. The highest BCUT2D eigenvalue weighted by Crippen LogP contribution is 2.42. The van der Waals surface area contributed by atoms with Gasteiger partial charge in [-0.3, -0.25) is 19.2 Å². The summed E-state index contributed by atoms with van der Waals surface area (Å²) < 4.78 is 0. The SMILES string of the molecule is C=Cc1c(C)c2cc3nc(cc4nc(cc5[nH]c(cc1[nH]2)c(C)c5C(C)NC(C)c1c(C)c2cc5[nH]c(cc6nc(cc7nc(cc1[nH]2)C(C)=C7CCC(=O)O)C(CCC(=O)O)=C6C)c(C)c5C=C)C(C)=C4CCC(=O)O)C(CCC(=O)O)=C3C. The third kappa shape index (κ3) is 11.3. The van der Waals surface area contributed by atoms with Gasteiger partial charge in [0.15, 0.2) is 0 Å². The van der Waals surface area contributed by atoms with Gasteiger partial charge in [0.2, 0.25) is 0 Å². The maximum Gasteiger partial charge on any atom is 0.303 e. The molecule has 0 radical (unpaired) electrons. The first-order chi connectivity index (χ1) is 40.4. The molecule has 16 bridgehead atoms. The van der Waals surface area contributed by atoms with Gasteiger partial charge in [-0.05, 0) is 221 Å². The molecule has 4 aliphatic rings. The first-order valence-electron chi connectivity index (χ1n) is 28.7. The van der Waals surface area contributed by atoms with Crippen molar-refractivity contribution in [3.63, 3.8) is 0 Å². The van der Waals surface area contributed by atoms with E-state index in [0.717, 1.165) is 133 Å². The Labute approximate surface area is 491 Å². The number of carboxylic acid groups (broad SMARTS) is 4. The lowest BCUT2D eigenvalue weighted by Crippen LogP contribution is -2.23. The minimum atomic E-state index is -0.941. The molecule has 0 fully saturated rings. The zero-order valence-corrected chi connectivity index (χ0v) is 49.7. The van der Waals surface area contributed by atoms with Crippen LogP contribution in [-0.4, -0.2) is 84.2 Å². The number of rotatable bonds is 18. The summed E-state index contributed by atoms with van der Waals surface area (Å²) in [7, 11) is 0. The second-order valence-electron chi connectivity index (χ2n) is 22.7. The first-order valence-corrected chi connectivity index (χ1v) is 28.7. The maximum absolute atomic E-state index is 12.1. The Morgan fingerprint density at radius 2 is 0.659 bits per heavy atom. The van der Waals surface area contributed by atoms with Gasteiger partial charge in [-0.25, -0.2) is 19.9 Å². The summed E-state index contributed by atoms with van der Waals surface area (Å²) in [5, 5.41) is 43.5. The third-order valence-electron chi connectivity index (χ3n) is 17.4. The van der Waals surface area contributed by atoms with Crippen LogP contribution in [0.15, 0.2) is 61.7 Å². The number of allylic oxidation sites excluding steroid dienone is 8. The van der Waals surface area contributed by atoms with E-state index in [1.165, 1.54) is 0 Å². The monoisotopic (exact) mass is 1140 g/mol. The van der Waals surface area contributed by atoms with Crippen LogP contribution in [0.25, 0.3) is 101 Å². The Hall–Kier alpha value is -9.48. The van der Waals surface area contributed by atoms with Crippen molar-refractivity contribution >= 4 is 125 Å². The molecule has 6 aromatic rings. The Bertz CT molecular complexity index is 4140. The predicted octanol–water partition coefficient (Wildman–Crippen LogP) is 15.1. The lowest BCUT2D eigenvalue weighted by atomic mass is 9.97. The predicted molar refractivity (Wildman–Crippen MR) is 339 cm³/mol. The van der Waals surface area contributed by atoms with E-state index in [4.69, 9.17) is 19.9 Å². The summed E-state index contributed by atoms with van der Waals surface area (Å²) in [6.07, 6.45) is 4.14. The fourth-order valence-corrected chi connectivity index (χ4v) is 12.7. The van der Waals surface area contributed by atoms with Crippen LogP contribution in [0.5, 0.6) is 0 Å². The van der Waals surface area contributed by atoms with Crippen molar-refractivity contribution in [2.24, 2.45) is 0 Å². The topological polar surface area (TPSA) is 276 Å². The van der Waals surface area contributed by atoms with Crippen LogP contribution in [0.4, 0.5) is 0 Å². The summed E-state index contributed by atoms with van der Waals surface area (Å²) in [5.41, 5.74) is 25.6. The second-order valence-corrected chi connectivity index (χ2v) is 22.7. The molecule has 4 aliphatic heterocycles. The molecule has 17 nitrogen and oxygen atoms in total. The minimum absolute atomic E-state index is 0.0998. The Morgan fingerprint density at radius 3 is 0.929 bits per heavy atom. The van der Waals surface area contributed by atoms with Gasteiger partial charge in [-0.1, -0.05) is 25.3 Å². The summed E-state index contributed by atoms with van der Waals surface area (Å²) in [6.45, 7) is 28.7. The summed E-state index contributed by atoms with van der Waals surface area (Å²) in [5.74, 6) is -3.74. The van der Waals surface area contributed by atoms with Gasteiger partial charge in [0.1, 0.15) is 0 Å². The first kappa shape index (κ1) is 58.7. The van der Waals surface area contributed by atoms with Crippen LogP contribution in [0.3, 0.4) is 0 Å². The van der Waals surface area contributed by atoms with Gasteiger partial charge >= 0.3 is 23.9 Å². The van der Waals surface area contributed by atoms with Gasteiger partial charge in [0.25, 0.3) is 0 Å². The van der Waals surface area contributed by atoms with Crippen LogP contribution < -0.4 is 5.32 Å². The Kier molecular flexibility index (Phi) is 16.1. The Morgan fingerprint density at radius 1 is 0.400 bits per heavy atom. The molecule has 10 heterocycles. The molecule has 0 spiro atoms. The number of hydrogen-bond donors (Lipinski definition) is 9. The molecule has 0 aliphatic carbocycles. The van der Waals surface area contributed by atoms with Crippen molar-refractivity contribution in [1.29, 1.82) is 0 Å². The molecular weight excluding hydrogens is 1070 g/mol. The standard InChI is InChI=1S/C68H71N9O8/c1-13-41-31(3)47-23-49-33(5)43(15-19-63(78)79)57(72-49)29-59-45(17-21-65(82)83)35(7)51(74-59)27-61-67(37(9)53(76-61)25-55(41)70-47)39(11)69-40(12)68-38(10)54-26-56-42(14-2)32(4)48(71-56)24-50-34(6)44(16-20-64(80)81)58(73-50)30-60-46(18-22-66(84)85)36(8)52(75-60)28-62(68)77-54/h13-14,23-30,39-40,69-71,76-77H,1-2,15-22H2,3-12H3,(H,78,79)(H,80,81)(H,82,83)(H,84,85). The summed E-state index contributed by atoms with van der Waals surface area (Å²) in [4.78, 5) is 83.7. The average molecular weight is 1140 g/mol. The molecule has 436 valence electrons. The third-order valence-corrected chi connectivity index (χ3v) is 17.4. The smallest absolute Gasteiger partial charge is 0.303 e. The second kappa shape index (κ2) is 23.3. The van der Waals surface area contributed by atoms with Crippen LogP contribution in [0, 0.1) is 27.7 Å². The lowest BCUT2D eigenvalue weighted by Gasteiger charge is -2.21. The van der Waals surface area contributed by atoms with E-state index in [2.05, 4.69) is 78.2 Å². The number of aryl methyl sites for hydroxylation is 4. The number of aromatic amines is 4. The highest BCUT2D eigenvalue weighted by atomic mass is 16.4. The Balaban J connectivity index is 1.19. The molecule has 0 amide bonds. The summed E-state index contributed by atoms with van der Waals surface area (Å²) in [6, 6.07) is 15.3. The highest BCUT2D eigenvalue weighted by molar-refractivity contribution is 5.99. The maximum atomic E-state index is 12.1. The van der Waals surface area contributed by atoms with E-state index in [-0.39, 0.29) is 63.5 Å². The van der Waals surface area contributed by atoms with Crippen molar-refractivity contribution in [2.45, 2.75) is 133 Å². The van der Waals surface area contributed by atoms with Crippen LogP contribution in [0.1, 0.15) is 195 Å². The number of carboxylic acids is 4. The molecule has 2 unspecified atom stereocenters. The number of hydrogen-bond acceptors (Lipinski definition) is 9. The number of carbonyl (C=O) groups is 4. The van der Waals surface area contributed by atoms with Crippen molar-refractivity contribution in [1.82, 2.24) is 45.2 Å². The number of H-pyrrole nitrogens is 4. The zero-order chi connectivity index (χ0) is 61.0. The van der Waals surface area contributed by atoms with E-state index in [9.17, 15) is 39.6 Å². The normalized spacial score (nSPS) is 14.1. The molecule has 85 heavy (non-hydrogen) atoms. The number of aromatic nitrogens is 8. The number of aliphatic carboxylic acids is 4. The largest absolute Gasteiger partial charge is 0.481 e. The highest BCUT2D eigenvalue weighted by Gasteiger charge is 2.28. The summed E-state index contributed by atoms with van der Waals surface area (Å²) >= 11 is 0. The van der Waals surface area contributed by atoms with E-state index < -0.39 is 23.9 Å². The van der Waals surface area contributed by atoms with Crippen molar-refractivity contribution < 1.29 is 39.6 Å². The molecule has 0 saturated carbocycles. The van der Waals surface area contributed by atoms with E-state index >= 15 is 0 Å². The van der Waals surface area contributed by atoms with Gasteiger partial charge in [-0.2, -0.15) is 0 Å². The molecular formula is C68H71N9O8. The van der Waals surface area contributed by atoms with Gasteiger partial charge in [0, 0.05) is 93.0 Å². The molecule has 10 rings (SSSR count). The minimum Gasteiger partial charge on any atom is -0.481 e. The number of fused-ring (bicyclic) bond motifs is 16.